The topological polar surface area (TPSA) is 106 Å². The summed E-state index contributed by atoms with van der Waals surface area (Å²) in [5.41, 5.74) is 0. The Morgan fingerprint density at radius 2 is 1.46 bits per heavy atom. The molecule has 13 atom stereocenters. The maximum atomic E-state index is 13.3. The third-order valence-electron chi connectivity index (χ3n) is 8.80. The zero-order chi connectivity index (χ0) is 28.2. The number of ketones is 1. The van der Waals surface area contributed by atoms with Crippen LogP contribution in [0.4, 0.5) is 0 Å². The molecule has 0 aliphatic carbocycles. The van der Waals surface area contributed by atoms with Gasteiger partial charge in [-0.2, -0.15) is 0 Å². The summed E-state index contributed by atoms with van der Waals surface area (Å²) >= 11 is 0. The van der Waals surface area contributed by atoms with E-state index < -0.39 is 42.4 Å². The summed E-state index contributed by atoms with van der Waals surface area (Å²) in [4.78, 5) is 28.4. The molecule has 0 amide bonds. The third kappa shape index (κ3) is 7.98. The predicted molar refractivity (Wildman–Crippen MR) is 143 cm³/mol. The van der Waals surface area contributed by atoms with Gasteiger partial charge in [0.2, 0.25) is 0 Å². The van der Waals surface area contributed by atoms with E-state index >= 15 is 0 Å². The molecule has 37 heavy (non-hydrogen) atoms. The number of aliphatic hydroxyl groups excluding tert-OH is 2. The van der Waals surface area contributed by atoms with Crippen LogP contribution in [0.1, 0.15) is 81.1 Å². The van der Waals surface area contributed by atoms with Crippen LogP contribution in [0, 0.1) is 35.5 Å². The number of rotatable bonds is 4. The molecule has 0 radical (unpaired) electrons. The van der Waals surface area contributed by atoms with E-state index in [-0.39, 0.29) is 47.7 Å². The highest BCUT2D eigenvalue weighted by atomic mass is 16.7. The van der Waals surface area contributed by atoms with Gasteiger partial charge in [-0.3, -0.25) is 9.59 Å². The Balaban J connectivity index is 2.40. The van der Waals surface area contributed by atoms with E-state index in [0.717, 1.165) is 0 Å². The van der Waals surface area contributed by atoms with Crippen LogP contribution in [0.5, 0.6) is 0 Å². The van der Waals surface area contributed by atoms with E-state index in [2.05, 4.69) is 0 Å². The van der Waals surface area contributed by atoms with E-state index in [4.69, 9.17) is 14.2 Å². The van der Waals surface area contributed by atoms with Crippen molar-refractivity contribution in [3.05, 3.63) is 0 Å². The number of carbonyl (C=O) groups is 2. The number of aliphatic hydroxyl groups is 2. The molecule has 216 valence electrons. The maximum Gasteiger partial charge on any atom is 0.311 e. The van der Waals surface area contributed by atoms with Crippen LogP contribution < -0.4 is 0 Å². The average molecular weight is 528 g/mol. The monoisotopic (exact) mass is 527 g/mol. The highest BCUT2D eigenvalue weighted by molar-refractivity contribution is 5.82. The Morgan fingerprint density at radius 1 is 0.892 bits per heavy atom. The summed E-state index contributed by atoms with van der Waals surface area (Å²) in [5.74, 6) is -1.91. The zero-order valence-corrected chi connectivity index (χ0v) is 24.7. The number of nitrogens with zero attached hydrogens (tertiary/aromatic N) is 1. The van der Waals surface area contributed by atoms with E-state index in [9.17, 15) is 19.8 Å². The molecule has 0 aromatic rings. The van der Waals surface area contributed by atoms with Gasteiger partial charge in [0.25, 0.3) is 0 Å². The van der Waals surface area contributed by atoms with Crippen LogP contribution in [-0.4, -0.2) is 83.8 Å². The lowest BCUT2D eigenvalue weighted by Crippen LogP contribution is -2.56. The number of carbonyl (C=O) groups excluding carboxylic acids is 2. The molecule has 2 aliphatic rings. The number of Topliss-reactive ketones (excluding diaryl/α,β-unsaturated/α-hetero) is 1. The van der Waals surface area contributed by atoms with Gasteiger partial charge >= 0.3 is 5.97 Å². The van der Waals surface area contributed by atoms with Crippen molar-refractivity contribution in [2.75, 3.05) is 14.1 Å². The lowest BCUT2D eigenvalue weighted by atomic mass is 9.77. The second-order valence-corrected chi connectivity index (χ2v) is 12.3. The van der Waals surface area contributed by atoms with Gasteiger partial charge in [-0.1, -0.05) is 41.5 Å². The minimum atomic E-state index is -1.02. The van der Waals surface area contributed by atoms with Crippen molar-refractivity contribution in [2.45, 2.75) is 124 Å². The van der Waals surface area contributed by atoms with Gasteiger partial charge in [0.15, 0.2) is 6.29 Å². The highest BCUT2D eigenvalue weighted by Crippen LogP contribution is 2.35. The Kier molecular flexibility index (Phi) is 12.0. The number of ether oxygens (including phenoxy) is 3. The number of likely N-dealkylation sites (N-methyl/N-ethyl adjacent to an activating group) is 1. The molecule has 2 N–H and O–H groups in total. The number of hydrogen-bond acceptors (Lipinski definition) is 8. The summed E-state index contributed by atoms with van der Waals surface area (Å²) in [6, 6.07) is -0.133. The first kappa shape index (κ1) is 32.2. The second kappa shape index (κ2) is 13.8. The molecule has 2 aliphatic heterocycles. The van der Waals surface area contributed by atoms with E-state index in [1.165, 1.54) is 0 Å². The molecule has 0 aromatic carbocycles. The Bertz CT molecular complexity index is 746. The molecule has 0 saturated carbocycles. The van der Waals surface area contributed by atoms with Crippen molar-refractivity contribution >= 4 is 11.8 Å². The van der Waals surface area contributed by atoms with Gasteiger partial charge < -0.3 is 29.3 Å². The first-order valence-corrected chi connectivity index (χ1v) is 14.3. The average Bonchev–Trinajstić information content (AvgIpc) is 2.84. The normalized spacial score (nSPS) is 45.4. The van der Waals surface area contributed by atoms with Crippen LogP contribution in [-0.2, 0) is 23.8 Å². The third-order valence-corrected chi connectivity index (χ3v) is 8.80. The molecule has 0 spiro atoms. The molecule has 2 fully saturated rings. The number of hydrogen-bond donors (Lipinski definition) is 2. The van der Waals surface area contributed by atoms with Gasteiger partial charge in [0.05, 0.1) is 24.2 Å². The first-order chi connectivity index (χ1) is 17.2. The quantitative estimate of drug-likeness (QED) is 0.534. The smallest absolute Gasteiger partial charge is 0.311 e. The van der Waals surface area contributed by atoms with Crippen molar-refractivity contribution in [3.8, 4) is 0 Å². The summed E-state index contributed by atoms with van der Waals surface area (Å²) in [6.45, 7) is 15.4. The molecule has 0 bridgehead atoms. The second-order valence-electron chi connectivity index (χ2n) is 12.3. The van der Waals surface area contributed by atoms with Crippen LogP contribution >= 0.6 is 0 Å². The summed E-state index contributed by atoms with van der Waals surface area (Å²) in [5, 5.41) is 22.4. The molecule has 8 nitrogen and oxygen atoms in total. The molecular formula is C29H53NO7. The van der Waals surface area contributed by atoms with E-state index in [1.54, 1.807) is 6.92 Å². The van der Waals surface area contributed by atoms with Gasteiger partial charge in [-0.05, 0) is 65.5 Å². The lowest BCUT2D eigenvalue weighted by Gasteiger charge is -2.44. The first-order valence-electron chi connectivity index (χ1n) is 14.3. The van der Waals surface area contributed by atoms with Crippen molar-refractivity contribution in [3.63, 3.8) is 0 Å². The van der Waals surface area contributed by atoms with E-state index in [1.807, 2.05) is 67.5 Å². The van der Waals surface area contributed by atoms with Crippen LogP contribution in [0.25, 0.3) is 0 Å². The van der Waals surface area contributed by atoms with Crippen molar-refractivity contribution in [2.24, 2.45) is 35.5 Å². The Labute approximate surface area is 224 Å². The largest absolute Gasteiger partial charge is 0.462 e. The molecule has 2 saturated heterocycles. The van der Waals surface area contributed by atoms with Gasteiger partial charge in [-0.25, -0.2) is 0 Å². The summed E-state index contributed by atoms with van der Waals surface area (Å²) in [6.07, 6.45) is -1.21. The number of esters is 1. The molecule has 2 heterocycles. The van der Waals surface area contributed by atoms with Crippen LogP contribution in [0.2, 0.25) is 0 Å². The molecule has 8 heteroatoms. The van der Waals surface area contributed by atoms with Gasteiger partial charge in [-0.15, -0.1) is 0 Å². The van der Waals surface area contributed by atoms with Crippen molar-refractivity contribution < 1.29 is 34.0 Å². The van der Waals surface area contributed by atoms with E-state index in [0.29, 0.717) is 25.7 Å². The number of cyclic esters (lactones) is 1. The fourth-order valence-electron chi connectivity index (χ4n) is 6.35. The maximum absolute atomic E-state index is 13.3. The molecular weight excluding hydrogens is 474 g/mol. The minimum Gasteiger partial charge on any atom is -0.462 e. The predicted octanol–water partition coefficient (Wildman–Crippen LogP) is 3.66. The Hall–Kier alpha value is -1.06. The van der Waals surface area contributed by atoms with Crippen molar-refractivity contribution in [1.29, 1.82) is 0 Å². The van der Waals surface area contributed by atoms with Gasteiger partial charge in [0.1, 0.15) is 18.0 Å². The van der Waals surface area contributed by atoms with Crippen molar-refractivity contribution in [1.82, 2.24) is 4.90 Å². The fraction of sp³-hybridized carbons (Fsp3) is 0.931. The van der Waals surface area contributed by atoms with Crippen LogP contribution in [0.15, 0.2) is 0 Å². The fourth-order valence-corrected chi connectivity index (χ4v) is 6.35. The van der Waals surface area contributed by atoms with Gasteiger partial charge in [0, 0.05) is 23.8 Å². The summed E-state index contributed by atoms with van der Waals surface area (Å²) < 4.78 is 18.4. The lowest BCUT2D eigenvalue weighted by molar-refractivity contribution is -0.283. The SMILES string of the molecule is CC[C@H]1OC(=O)[C@H](C)[C@@H](O)[C@H](C)[C@@H](OC2OC(C)CC(N(C)C)C2O)[C@@H](C)C[C@@H](C)C(=O)C(C)C[C@H]1C. The standard InChI is InChI=1S/C29H53NO7/c1-11-23-15(2)12-16(3)24(31)17(4)13-18(5)27(20(7)25(32)21(8)28(34)36-23)37-29-26(33)22(30(9)10)14-19(6)35-29/h15-23,25-27,29,32-33H,11-14H2,1-10H3/t15-,16?,17-,18+,19?,20+,21-,22?,23-,25+,26?,27+,29?/m1/s1. The minimum absolute atomic E-state index is 0.0369. The molecule has 2 rings (SSSR count). The zero-order valence-electron chi connectivity index (χ0n) is 24.7. The molecule has 0 aromatic heterocycles. The molecule has 5 unspecified atom stereocenters. The Morgan fingerprint density at radius 3 is 2.00 bits per heavy atom. The van der Waals surface area contributed by atoms with Crippen LogP contribution in [0.3, 0.4) is 0 Å². The highest BCUT2D eigenvalue weighted by Gasteiger charge is 2.44. The summed E-state index contributed by atoms with van der Waals surface area (Å²) in [7, 11) is 3.84.